The Kier molecular flexibility index (Phi) is 13.7. The molecule has 11 heteroatoms. The van der Waals surface area contributed by atoms with Gasteiger partial charge in [-0.1, -0.05) is 92.8 Å². The molecule has 1 fully saturated rings. The molecule has 0 radical (unpaired) electrons. The first-order valence-electron chi connectivity index (χ1n) is 19.5. The predicted octanol–water partition coefficient (Wildman–Crippen LogP) is 5.90. The van der Waals surface area contributed by atoms with Gasteiger partial charge in [-0.15, -0.1) is 33.5 Å². The monoisotopic (exact) mass is 767 g/mol. The van der Waals surface area contributed by atoms with Gasteiger partial charge < -0.3 is 35.5 Å². The minimum atomic E-state index is -1.27. The van der Waals surface area contributed by atoms with E-state index in [2.05, 4.69) is 41.2 Å². The van der Waals surface area contributed by atoms with Gasteiger partial charge in [0.1, 0.15) is 12.5 Å². The summed E-state index contributed by atoms with van der Waals surface area (Å²) in [7, 11) is 1.27. The summed E-state index contributed by atoms with van der Waals surface area (Å²) in [6.07, 6.45) is 14.1. The molecule has 6 rings (SSSR count). The summed E-state index contributed by atoms with van der Waals surface area (Å²) < 4.78 is 10.9. The van der Waals surface area contributed by atoms with Gasteiger partial charge in [-0.2, -0.15) is 11.4 Å². The normalized spacial score (nSPS) is 22.0. The molecule has 3 aliphatic rings. The molecule has 1 saturated heterocycles. The quantitative estimate of drug-likeness (QED) is 0.0970. The number of hydrogen-bond acceptors (Lipinski definition) is 6. The zero-order valence-electron chi connectivity index (χ0n) is 34.2. The first kappa shape index (κ1) is 42.8. The average molecular weight is 768 g/mol. The van der Waals surface area contributed by atoms with Gasteiger partial charge in [0.05, 0.1) is 7.11 Å². The fraction of sp³-hybridized carbons (Fsp3) is 0.444. The van der Waals surface area contributed by atoms with Crippen LogP contribution in [0.15, 0.2) is 29.6 Å². The number of aromatic nitrogens is 3. The zero-order valence-corrected chi connectivity index (χ0v) is 35.6. The van der Waals surface area contributed by atoms with Crippen molar-refractivity contribution in [1.82, 2.24) is 15.0 Å². The van der Waals surface area contributed by atoms with Gasteiger partial charge in [-0.3, -0.25) is 14.4 Å². The van der Waals surface area contributed by atoms with Crippen LogP contribution in [-0.4, -0.2) is 54.5 Å². The Bertz CT molecular complexity index is 2260. The van der Waals surface area contributed by atoms with Crippen molar-refractivity contribution in [3.63, 3.8) is 0 Å². The van der Waals surface area contributed by atoms with Crippen molar-refractivity contribution < 1.29 is 23.9 Å². The number of carbonyl (C=O) groups is 3. The zero-order chi connectivity index (χ0) is 39.7. The maximum absolute atomic E-state index is 14.4. The van der Waals surface area contributed by atoms with Gasteiger partial charge in [0.25, 0.3) is 0 Å². The van der Waals surface area contributed by atoms with Crippen molar-refractivity contribution in [3.8, 4) is 0 Å². The summed E-state index contributed by atoms with van der Waals surface area (Å²) in [6, 6.07) is 0. The molecule has 0 aromatic carbocycles. The molecule has 0 saturated carbocycles. The predicted molar refractivity (Wildman–Crippen MR) is 222 cm³/mol. The Labute approximate surface area is 346 Å². The standard InChI is InChI=1S/C45H54N5O5.Mg/c1-10-28-25(6)32-19-34-27(8)30(15-16-38(51)55-18-17-24(5)14-12-13-23(3)4)42(49-34)40-41(45(53)54-9)44(52)39-31(22-46)37(50-43(39)40)21-36-29(11-2)26(7)33(48-36)20-35(28)47-32;/h10,17,19-21,23,27,30,41H,1,11-16,18,22,46H2,2-9H3,(H-,49,50,52);/q-3;+2/p-1/b24-17+,33-20-,34-19-,36-21-;/t27-,30-,41+;/m0./s1. The molecule has 0 spiro atoms. The van der Waals surface area contributed by atoms with Crippen molar-refractivity contribution in [3.05, 3.63) is 102 Å². The van der Waals surface area contributed by atoms with E-state index in [0.717, 1.165) is 75.7 Å². The third-order valence-electron chi connectivity index (χ3n) is 11.5. The Morgan fingerprint density at radius 2 is 1.73 bits per heavy atom. The van der Waals surface area contributed by atoms with E-state index in [0.29, 0.717) is 46.1 Å². The van der Waals surface area contributed by atoms with Crippen molar-refractivity contribution >= 4 is 70.7 Å². The maximum atomic E-state index is 14.4. The first-order valence-corrected chi connectivity index (χ1v) is 19.5. The molecular weight excluding hydrogens is 715 g/mol. The van der Waals surface area contributed by atoms with Gasteiger partial charge in [0.2, 0.25) is 0 Å². The number of hydrogen-bond donors (Lipinski definition) is 1. The summed E-state index contributed by atoms with van der Waals surface area (Å²) in [6.45, 7) is 19.0. The topological polar surface area (TPSA) is 152 Å². The van der Waals surface area contributed by atoms with Crippen LogP contribution in [0.25, 0.3) is 35.2 Å². The number of rotatable bonds is 13. The van der Waals surface area contributed by atoms with Gasteiger partial charge in [0, 0.05) is 18.5 Å². The van der Waals surface area contributed by atoms with Crippen LogP contribution in [0.2, 0.25) is 0 Å². The van der Waals surface area contributed by atoms with Crippen LogP contribution in [0.4, 0.5) is 0 Å². The van der Waals surface area contributed by atoms with E-state index in [-0.39, 0.29) is 60.4 Å². The Morgan fingerprint density at radius 1 is 1.00 bits per heavy atom. The number of esters is 2. The number of nitrogens with two attached hydrogens (primary N) is 1. The Balaban J connectivity index is 0.00000600. The third kappa shape index (κ3) is 8.08. The van der Waals surface area contributed by atoms with E-state index in [9.17, 15) is 14.4 Å². The van der Waals surface area contributed by atoms with Crippen molar-refractivity contribution in [2.45, 2.75) is 93.5 Å². The van der Waals surface area contributed by atoms with E-state index < -0.39 is 17.7 Å². The first-order chi connectivity index (χ1) is 26.3. The largest absolute Gasteiger partial charge is 2.00 e. The van der Waals surface area contributed by atoms with Gasteiger partial charge >= 0.3 is 35.0 Å². The number of Topliss-reactive ketones (excluding diaryl/α,β-unsaturated/α-hetero) is 1. The number of nitrogens with zero attached hydrogens (tertiary/aromatic N) is 4. The van der Waals surface area contributed by atoms with Crippen LogP contribution < -0.4 is 31.4 Å². The van der Waals surface area contributed by atoms with Gasteiger partial charge in [-0.25, -0.2) is 0 Å². The van der Waals surface area contributed by atoms with Gasteiger partial charge in [-0.05, 0) is 81.4 Å². The molecular formula is C45H53MgN5O5-2. The number of ether oxygens (including phenoxy) is 2. The maximum Gasteiger partial charge on any atom is 2.00 e. The molecule has 5 heterocycles. The summed E-state index contributed by atoms with van der Waals surface area (Å²) >= 11 is 0. The molecule has 2 N–H and O–H groups in total. The molecule has 0 amide bonds. The third-order valence-corrected chi connectivity index (χ3v) is 11.5. The molecule has 1 aliphatic carbocycles. The van der Waals surface area contributed by atoms with E-state index in [1.54, 1.807) is 0 Å². The van der Waals surface area contributed by atoms with Crippen LogP contribution in [-0.2, 0) is 32.0 Å². The Hall–Kier alpha value is -4.32. The SMILES string of the molecule is C=Cc1c2[n-]c(c1C)/C=C1\[N-]/C(=C3\c4[n-]c(c(CN)c4C(=O)[C@@H]3C(=O)OC)/C=c3\[n-]/c(c(C)c3CC)=C\2)[C@@H](CCC(=O)OC/C=C(\C)CCCC(C)C)[C@@H]1C.[Mg+2]. The van der Waals surface area contributed by atoms with E-state index in [1.807, 2.05) is 44.2 Å². The molecule has 10 nitrogen and oxygen atoms in total. The van der Waals surface area contributed by atoms with Crippen LogP contribution in [0.1, 0.15) is 128 Å². The molecule has 2 aliphatic heterocycles. The Morgan fingerprint density at radius 3 is 2.39 bits per heavy atom. The van der Waals surface area contributed by atoms with E-state index in [1.165, 1.54) is 12.7 Å². The number of ketones is 1. The second kappa shape index (κ2) is 17.9. The molecule has 3 aromatic rings. The number of methoxy groups -OCH3 is 1. The van der Waals surface area contributed by atoms with Crippen molar-refractivity contribution in [2.75, 3.05) is 13.7 Å². The van der Waals surface area contributed by atoms with Crippen LogP contribution in [0.5, 0.6) is 0 Å². The van der Waals surface area contributed by atoms with Crippen LogP contribution >= 0.6 is 0 Å². The molecule has 292 valence electrons. The fourth-order valence-electron chi connectivity index (χ4n) is 8.26. The smallest absolute Gasteiger partial charge is 0.664 e. The van der Waals surface area contributed by atoms with Crippen molar-refractivity contribution in [2.24, 2.45) is 29.4 Å². The molecule has 56 heavy (non-hydrogen) atoms. The second-order valence-electron chi connectivity index (χ2n) is 15.4. The fourth-order valence-corrected chi connectivity index (χ4v) is 8.26. The number of carbonyl (C=O) groups excluding carboxylic acids is 3. The average Bonchev–Trinajstić information content (AvgIpc) is 3.90. The summed E-state index contributed by atoms with van der Waals surface area (Å²) in [5, 5.41) is 6.71. The molecule has 3 atom stereocenters. The summed E-state index contributed by atoms with van der Waals surface area (Å²) in [5.41, 5.74) is 16.4. The molecule has 3 aromatic heterocycles. The molecule has 8 bridgehead atoms. The minimum absolute atomic E-state index is 0. The number of fused-ring (bicyclic) bond motifs is 7. The molecule has 0 unspecified atom stereocenters. The van der Waals surface area contributed by atoms with Crippen LogP contribution in [0, 0.1) is 37.5 Å². The van der Waals surface area contributed by atoms with E-state index >= 15 is 0 Å². The number of allylic oxidation sites excluding steroid dienone is 3. The van der Waals surface area contributed by atoms with Gasteiger partial charge in [0.15, 0.2) is 5.78 Å². The summed E-state index contributed by atoms with van der Waals surface area (Å²) in [4.78, 5) is 56.2. The minimum Gasteiger partial charge on any atom is -0.664 e. The van der Waals surface area contributed by atoms with Crippen molar-refractivity contribution in [1.29, 1.82) is 0 Å². The van der Waals surface area contributed by atoms with Crippen LogP contribution in [0.3, 0.4) is 0 Å². The summed E-state index contributed by atoms with van der Waals surface area (Å²) in [5.74, 6) is -2.61. The van der Waals surface area contributed by atoms with E-state index in [4.69, 9.17) is 35.5 Å². The second-order valence-corrected chi connectivity index (χ2v) is 15.4.